The summed E-state index contributed by atoms with van der Waals surface area (Å²) in [7, 11) is 0. The van der Waals surface area contributed by atoms with E-state index >= 15 is 0 Å². The first-order chi connectivity index (χ1) is 29.8. The fourth-order valence-electron chi connectivity index (χ4n) is 11.9. The molecule has 1 nitrogen and oxygen atoms in total. The predicted molar refractivity (Wildman–Crippen MR) is 255 cm³/mol. The molecule has 1 heterocycles. The average molecular weight is 798 g/mol. The van der Waals surface area contributed by atoms with Gasteiger partial charge in [0.25, 0.3) is 0 Å². The number of fused-ring (bicyclic) bond motifs is 17. The summed E-state index contributed by atoms with van der Waals surface area (Å²) in [5.41, 5.74) is 21.7. The summed E-state index contributed by atoms with van der Waals surface area (Å²) in [6, 6.07) is 71.6. The van der Waals surface area contributed by atoms with Crippen molar-refractivity contribution in [3.63, 3.8) is 0 Å². The molecule has 0 N–H and O–H groups in total. The zero-order valence-corrected chi connectivity index (χ0v) is 35.6. The molecule has 2 heteroatoms. The van der Waals surface area contributed by atoms with Gasteiger partial charge < -0.3 is 4.90 Å². The summed E-state index contributed by atoms with van der Waals surface area (Å²) in [5.74, 6) is 0. The lowest BCUT2D eigenvalue weighted by molar-refractivity contribution is 0.660. The maximum absolute atomic E-state index is 2.58. The molecule has 1 aliphatic heterocycles. The van der Waals surface area contributed by atoms with Crippen LogP contribution in [0.25, 0.3) is 44.2 Å². The molecular weight excluding hydrogens is 755 g/mol. The van der Waals surface area contributed by atoms with Crippen molar-refractivity contribution >= 4 is 39.6 Å². The van der Waals surface area contributed by atoms with E-state index in [-0.39, 0.29) is 10.8 Å². The second-order valence-electron chi connectivity index (χ2n) is 18.4. The van der Waals surface area contributed by atoms with Gasteiger partial charge in [-0.1, -0.05) is 191 Å². The van der Waals surface area contributed by atoms with Crippen LogP contribution in [-0.2, 0) is 16.2 Å². The van der Waals surface area contributed by atoms with E-state index < -0.39 is 5.41 Å². The standard InChI is InChI=1S/C59H43NS/c1-57(2)45-21-10-7-18-40(45)42-31-29-37(34-51(42)57)60(38-30-32-43-41-19-8-11-22-46(41)58(3,4)52(43)35-38)53-26-15-25-50-56(53)61-54-27-14-13-24-48(54)59(50)47-23-12-9-20-44(47)55-39-17-6-5-16-36(39)28-33-49(55)59/h5-35H,1-4H3. The Morgan fingerprint density at radius 1 is 0.377 bits per heavy atom. The number of anilines is 3. The normalized spacial score (nSPS) is 17.4. The quantitative estimate of drug-likeness (QED) is 0.175. The number of benzene rings is 9. The Balaban J connectivity index is 1.10. The predicted octanol–water partition coefficient (Wildman–Crippen LogP) is 15.7. The van der Waals surface area contributed by atoms with Crippen molar-refractivity contribution in [3.8, 4) is 33.4 Å². The molecule has 61 heavy (non-hydrogen) atoms. The van der Waals surface area contributed by atoms with Crippen LogP contribution < -0.4 is 4.90 Å². The van der Waals surface area contributed by atoms with Crippen LogP contribution >= 0.6 is 11.8 Å². The van der Waals surface area contributed by atoms with Gasteiger partial charge in [0.2, 0.25) is 0 Å². The Bertz CT molecular complexity index is 3260. The van der Waals surface area contributed by atoms with Gasteiger partial charge in [-0.3, -0.25) is 0 Å². The Morgan fingerprint density at radius 2 is 0.902 bits per heavy atom. The molecule has 0 radical (unpaired) electrons. The van der Waals surface area contributed by atoms with Crippen LogP contribution in [0.2, 0.25) is 0 Å². The third-order valence-electron chi connectivity index (χ3n) is 14.7. The maximum Gasteiger partial charge on any atom is 0.0736 e. The Labute approximate surface area is 362 Å². The van der Waals surface area contributed by atoms with E-state index in [2.05, 4.69) is 221 Å². The van der Waals surface area contributed by atoms with Gasteiger partial charge >= 0.3 is 0 Å². The molecule has 0 saturated carbocycles. The first-order valence-electron chi connectivity index (χ1n) is 21.6. The second kappa shape index (κ2) is 12.2. The lowest BCUT2D eigenvalue weighted by Gasteiger charge is -2.41. The van der Waals surface area contributed by atoms with E-state index in [0.29, 0.717) is 0 Å². The van der Waals surface area contributed by atoms with Gasteiger partial charge in [0, 0.05) is 32.0 Å². The van der Waals surface area contributed by atoms with Crippen LogP contribution in [0.4, 0.5) is 17.1 Å². The van der Waals surface area contributed by atoms with E-state index in [4.69, 9.17) is 0 Å². The van der Waals surface area contributed by atoms with Crippen molar-refractivity contribution in [1.82, 2.24) is 0 Å². The molecule has 1 unspecified atom stereocenters. The molecule has 3 aliphatic carbocycles. The van der Waals surface area contributed by atoms with Gasteiger partial charge in [0.15, 0.2) is 0 Å². The highest BCUT2D eigenvalue weighted by Crippen LogP contribution is 2.65. The van der Waals surface area contributed by atoms with Crippen molar-refractivity contribution in [2.45, 2.75) is 53.7 Å². The Morgan fingerprint density at radius 3 is 1.57 bits per heavy atom. The van der Waals surface area contributed by atoms with Crippen molar-refractivity contribution in [1.29, 1.82) is 0 Å². The number of hydrogen-bond acceptors (Lipinski definition) is 2. The first-order valence-corrected chi connectivity index (χ1v) is 22.4. The SMILES string of the molecule is CC1(C)c2ccccc2-c2ccc(N(c3ccc4c(c3)C(C)(C)c3ccccc3-4)c3cccc4c3Sc3ccccc3C43c4ccccc4-c4c3ccc3ccccc43)cc21. The second-order valence-corrected chi connectivity index (χ2v) is 19.4. The summed E-state index contributed by atoms with van der Waals surface area (Å²) in [4.78, 5) is 5.17. The molecular formula is C59H43NS. The van der Waals surface area contributed by atoms with Crippen LogP contribution in [0.5, 0.6) is 0 Å². The van der Waals surface area contributed by atoms with E-state index in [9.17, 15) is 0 Å². The summed E-state index contributed by atoms with van der Waals surface area (Å²) in [6.07, 6.45) is 0. The Kier molecular flexibility index (Phi) is 7.06. The van der Waals surface area contributed by atoms with E-state index in [0.717, 1.165) is 0 Å². The number of nitrogens with zero attached hydrogens (tertiary/aromatic N) is 1. The van der Waals surface area contributed by atoms with Crippen LogP contribution in [0.1, 0.15) is 72.2 Å². The van der Waals surface area contributed by atoms with Crippen LogP contribution in [0.15, 0.2) is 198 Å². The molecule has 0 saturated heterocycles. The molecule has 290 valence electrons. The van der Waals surface area contributed by atoms with E-state index in [1.807, 2.05) is 11.8 Å². The molecule has 13 rings (SSSR count). The van der Waals surface area contributed by atoms with Gasteiger partial charge in [0.1, 0.15) is 0 Å². The van der Waals surface area contributed by atoms with Crippen molar-refractivity contribution in [2.75, 3.05) is 4.90 Å². The van der Waals surface area contributed by atoms with Gasteiger partial charge in [-0.05, 0) is 125 Å². The zero-order valence-electron chi connectivity index (χ0n) is 34.8. The van der Waals surface area contributed by atoms with Gasteiger partial charge in [-0.2, -0.15) is 0 Å². The van der Waals surface area contributed by atoms with Gasteiger partial charge in [-0.25, -0.2) is 0 Å². The van der Waals surface area contributed by atoms with E-state index in [1.165, 1.54) is 116 Å². The minimum absolute atomic E-state index is 0.136. The van der Waals surface area contributed by atoms with Gasteiger partial charge in [-0.15, -0.1) is 0 Å². The third-order valence-corrected chi connectivity index (χ3v) is 15.9. The largest absolute Gasteiger partial charge is 0.309 e. The minimum Gasteiger partial charge on any atom is -0.309 e. The molecule has 0 amide bonds. The van der Waals surface area contributed by atoms with E-state index in [1.54, 1.807) is 0 Å². The van der Waals surface area contributed by atoms with Crippen molar-refractivity contribution < 1.29 is 0 Å². The lowest BCUT2D eigenvalue weighted by Crippen LogP contribution is -2.32. The lowest BCUT2D eigenvalue weighted by atomic mass is 9.67. The van der Waals surface area contributed by atoms with Crippen LogP contribution in [-0.4, -0.2) is 0 Å². The molecule has 4 aliphatic rings. The maximum atomic E-state index is 2.58. The highest BCUT2D eigenvalue weighted by molar-refractivity contribution is 7.99. The molecule has 9 aromatic rings. The third kappa shape index (κ3) is 4.48. The number of rotatable bonds is 3. The molecule has 0 aromatic heterocycles. The molecule has 9 aromatic carbocycles. The molecule has 1 spiro atoms. The molecule has 0 bridgehead atoms. The van der Waals surface area contributed by atoms with Crippen molar-refractivity contribution in [3.05, 3.63) is 233 Å². The Hall–Kier alpha value is -6.61. The fraction of sp³-hybridized carbons (Fsp3) is 0.119. The van der Waals surface area contributed by atoms with Crippen LogP contribution in [0, 0.1) is 0 Å². The smallest absolute Gasteiger partial charge is 0.0736 e. The van der Waals surface area contributed by atoms with Gasteiger partial charge in [0.05, 0.1) is 11.1 Å². The zero-order chi connectivity index (χ0) is 40.8. The van der Waals surface area contributed by atoms with Crippen molar-refractivity contribution in [2.24, 2.45) is 0 Å². The molecule has 0 fully saturated rings. The summed E-state index contributed by atoms with van der Waals surface area (Å²) in [6.45, 7) is 9.56. The monoisotopic (exact) mass is 797 g/mol. The van der Waals surface area contributed by atoms with Crippen LogP contribution in [0.3, 0.4) is 0 Å². The minimum atomic E-state index is -0.502. The first kappa shape index (κ1) is 35.2. The molecule has 1 atom stereocenters. The topological polar surface area (TPSA) is 3.24 Å². The summed E-state index contributed by atoms with van der Waals surface area (Å²) < 4.78 is 0. The number of hydrogen-bond donors (Lipinski definition) is 0. The summed E-state index contributed by atoms with van der Waals surface area (Å²) in [5, 5.41) is 2.58. The average Bonchev–Trinajstić information content (AvgIpc) is 3.82. The highest BCUT2D eigenvalue weighted by Gasteiger charge is 2.51. The fourth-order valence-corrected chi connectivity index (χ4v) is 13.2. The summed E-state index contributed by atoms with van der Waals surface area (Å²) >= 11 is 1.93. The highest BCUT2D eigenvalue weighted by atomic mass is 32.2.